The molecule has 1 aromatic carbocycles. The summed E-state index contributed by atoms with van der Waals surface area (Å²) in [5.41, 5.74) is 8.57. The molecule has 31 heavy (non-hydrogen) atoms. The Kier molecular flexibility index (Phi) is 6.35. The van der Waals surface area contributed by atoms with Crippen molar-refractivity contribution in [3.8, 4) is 5.75 Å². The van der Waals surface area contributed by atoms with Crippen molar-refractivity contribution in [2.75, 3.05) is 13.1 Å². The predicted molar refractivity (Wildman–Crippen MR) is 130 cm³/mol. The van der Waals surface area contributed by atoms with Gasteiger partial charge in [0.05, 0.1) is 15.7 Å². The van der Waals surface area contributed by atoms with Gasteiger partial charge >= 0.3 is 0 Å². The molecule has 1 atom stereocenters. The highest BCUT2D eigenvalue weighted by Gasteiger charge is 2.21. The Balaban J connectivity index is 1.44. The normalized spacial score (nSPS) is 17.6. The number of aryl methyl sites for hydroxylation is 2. The molecule has 3 aromatic rings. The van der Waals surface area contributed by atoms with Gasteiger partial charge in [0.1, 0.15) is 11.5 Å². The molecule has 2 aromatic heterocycles. The van der Waals surface area contributed by atoms with E-state index in [1.165, 1.54) is 15.8 Å². The number of likely N-dealkylation sites (tertiary alicyclic amines) is 1. The van der Waals surface area contributed by atoms with Crippen LogP contribution in [0.25, 0.3) is 10.2 Å². The van der Waals surface area contributed by atoms with E-state index in [1.54, 1.807) is 11.3 Å². The molecule has 0 aliphatic carbocycles. The van der Waals surface area contributed by atoms with Crippen LogP contribution in [0.3, 0.4) is 0 Å². The predicted octanol–water partition coefficient (Wildman–Crippen LogP) is 6.54. The lowest BCUT2D eigenvalue weighted by atomic mass is 10.0. The number of nitrogens with zero attached hydrogens (tertiary/aromatic N) is 3. The van der Waals surface area contributed by atoms with E-state index in [1.807, 2.05) is 37.6 Å². The van der Waals surface area contributed by atoms with Gasteiger partial charge in [-0.05, 0) is 63.0 Å². The van der Waals surface area contributed by atoms with Crippen LogP contribution in [0, 0.1) is 13.8 Å². The van der Waals surface area contributed by atoms with E-state index in [-0.39, 0.29) is 0 Å². The molecule has 0 amide bonds. The molecule has 1 unspecified atom stereocenters. The molecule has 1 aliphatic rings. The molecular formula is C26H29N3OS. The van der Waals surface area contributed by atoms with Crippen molar-refractivity contribution in [3.63, 3.8) is 0 Å². The third-order valence-electron chi connectivity index (χ3n) is 5.85. The first kappa shape index (κ1) is 21.5. The van der Waals surface area contributed by atoms with Crippen molar-refractivity contribution < 1.29 is 4.74 Å². The number of benzene rings is 1. The fourth-order valence-corrected chi connectivity index (χ4v) is 4.79. The fourth-order valence-electron chi connectivity index (χ4n) is 4.13. The maximum atomic E-state index is 5.97. The summed E-state index contributed by atoms with van der Waals surface area (Å²) in [7, 11) is 0. The zero-order chi connectivity index (χ0) is 22.0. The van der Waals surface area contributed by atoms with Gasteiger partial charge in [-0.25, -0.2) is 4.98 Å². The van der Waals surface area contributed by atoms with E-state index in [4.69, 9.17) is 4.74 Å². The van der Waals surface area contributed by atoms with Crippen LogP contribution in [-0.4, -0.2) is 28.0 Å². The van der Waals surface area contributed by atoms with Crippen LogP contribution in [0.4, 0.5) is 0 Å². The average Bonchev–Trinajstić information content (AvgIpc) is 3.11. The Morgan fingerprint density at radius 3 is 2.68 bits per heavy atom. The van der Waals surface area contributed by atoms with Crippen LogP contribution in [0.5, 0.6) is 5.75 Å². The molecule has 0 saturated carbocycles. The van der Waals surface area contributed by atoms with Crippen molar-refractivity contribution >= 4 is 21.6 Å². The van der Waals surface area contributed by atoms with E-state index in [0.717, 1.165) is 54.2 Å². The van der Waals surface area contributed by atoms with Gasteiger partial charge in [0.2, 0.25) is 0 Å². The number of hydrogen-bond donors (Lipinski definition) is 0. The summed E-state index contributed by atoms with van der Waals surface area (Å²) in [5, 5.41) is 0. The summed E-state index contributed by atoms with van der Waals surface area (Å²) in [4.78, 5) is 11.4. The molecule has 0 radical (unpaired) electrons. The largest absolute Gasteiger partial charge is 0.458 e. The molecule has 5 heteroatoms. The Morgan fingerprint density at radius 2 is 1.90 bits per heavy atom. The maximum Gasteiger partial charge on any atom is 0.131 e. The second kappa shape index (κ2) is 9.16. The van der Waals surface area contributed by atoms with Crippen molar-refractivity contribution in [1.82, 2.24) is 14.9 Å². The molecule has 1 saturated heterocycles. The molecule has 1 aliphatic heterocycles. The summed E-state index contributed by atoms with van der Waals surface area (Å²) in [6, 6.07) is 10.8. The molecular weight excluding hydrogens is 402 g/mol. The molecule has 0 spiro atoms. The van der Waals surface area contributed by atoms with Crippen LogP contribution in [0.1, 0.15) is 42.8 Å². The first-order valence-corrected chi connectivity index (χ1v) is 11.5. The standard InChI is InChI=1S/C26H29N3OS/c1-17-8-10-29(21(5)23-6-7-26-25(15-23)27-16-31-26)11-9-22(17)14-20(4)30-24-12-18(2)28-19(3)13-24/h6-7,12-16,21H,1,4,8-11H2,2-3,5H3/b22-14-. The second-order valence-electron chi connectivity index (χ2n) is 8.22. The van der Waals surface area contributed by atoms with Crippen molar-refractivity contribution in [1.29, 1.82) is 0 Å². The van der Waals surface area contributed by atoms with Crippen LogP contribution < -0.4 is 4.74 Å². The van der Waals surface area contributed by atoms with Crippen molar-refractivity contribution in [3.05, 3.63) is 88.9 Å². The molecule has 4 rings (SSSR count). The third-order valence-corrected chi connectivity index (χ3v) is 6.66. The average molecular weight is 432 g/mol. The van der Waals surface area contributed by atoms with Crippen LogP contribution in [0.15, 0.2) is 72.0 Å². The van der Waals surface area contributed by atoms with E-state index in [9.17, 15) is 0 Å². The number of aromatic nitrogens is 2. The highest BCUT2D eigenvalue weighted by molar-refractivity contribution is 7.16. The highest BCUT2D eigenvalue weighted by atomic mass is 32.1. The van der Waals surface area contributed by atoms with E-state index >= 15 is 0 Å². The van der Waals surface area contributed by atoms with Gasteiger partial charge in [0, 0.05) is 42.7 Å². The highest BCUT2D eigenvalue weighted by Crippen LogP contribution is 2.30. The molecule has 0 N–H and O–H groups in total. The zero-order valence-electron chi connectivity index (χ0n) is 18.5. The zero-order valence-corrected chi connectivity index (χ0v) is 19.3. The lowest BCUT2D eigenvalue weighted by Crippen LogP contribution is -2.28. The van der Waals surface area contributed by atoms with Crippen LogP contribution >= 0.6 is 11.3 Å². The minimum absolute atomic E-state index is 0.334. The molecule has 160 valence electrons. The molecule has 0 bridgehead atoms. The number of pyridine rings is 1. The van der Waals surface area contributed by atoms with Crippen LogP contribution in [0.2, 0.25) is 0 Å². The lowest BCUT2D eigenvalue weighted by molar-refractivity contribution is 0.223. The van der Waals surface area contributed by atoms with Gasteiger partial charge in [0.25, 0.3) is 0 Å². The Bertz CT molecular complexity index is 1140. The van der Waals surface area contributed by atoms with Gasteiger partial charge in [-0.2, -0.15) is 0 Å². The minimum Gasteiger partial charge on any atom is -0.458 e. The first-order chi connectivity index (χ1) is 14.9. The van der Waals surface area contributed by atoms with Gasteiger partial charge in [-0.1, -0.05) is 24.8 Å². The molecule has 4 nitrogen and oxygen atoms in total. The quantitative estimate of drug-likeness (QED) is 0.430. The second-order valence-corrected chi connectivity index (χ2v) is 9.10. The number of rotatable bonds is 5. The van der Waals surface area contributed by atoms with Gasteiger partial charge < -0.3 is 4.74 Å². The first-order valence-electron chi connectivity index (χ1n) is 10.7. The topological polar surface area (TPSA) is 38.2 Å². The number of hydrogen-bond acceptors (Lipinski definition) is 5. The molecule has 3 heterocycles. The van der Waals surface area contributed by atoms with Gasteiger partial charge in [-0.15, -0.1) is 11.3 Å². The van der Waals surface area contributed by atoms with Gasteiger partial charge in [0.15, 0.2) is 0 Å². The summed E-state index contributed by atoms with van der Waals surface area (Å²) in [6.45, 7) is 16.6. The summed E-state index contributed by atoms with van der Waals surface area (Å²) < 4.78 is 7.21. The summed E-state index contributed by atoms with van der Waals surface area (Å²) in [5.74, 6) is 1.41. The third kappa shape index (κ3) is 5.12. The van der Waals surface area contributed by atoms with E-state index in [2.05, 4.69) is 53.1 Å². The van der Waals surface area contributed by atoms with Crippen LogP contribution in [-0.2, 0) is 0 Å². The number of ether oxygens (including phenoxy) is 1. The number of thiazole rings is 1. The summed E-state index contributed by atoms with van der Waals surface area (Å²) in [6.07, 6.45) is 3.91. The lowest BCUT2D eigenvalue weighted by Gasteiger charge is -2.27. The van der Waals surface area contributed by atoms with E-state index in [0.29, 0.717) is 11.8 Å². The minimum atomic E-state index is 0.334. The fraction of sp³-hybridized carbons (Fsp3) is 0.308. The van der Waals surface area contributed by atoms with Gasteiger partial charge in [-0.3, -0.25) is 9.88 Å². The van der Waals surface area contributed by atoms with E-state index < -0.39 is 0 Å². The number of fused-ring (bicyclic) bond motifs is 1. The Labute approximate surface area is 188 Å². The molecule has 1 fully saturated rings. The monoisotopic (exact) mass is 431 g/mol. The Hall–Kier alpha value is -2.76. The number of allylic oxidation sites excluding steroid dienone is 1. The SMILES string of the molecule is C=C(/C=C1/CCN(C(C)c2ccc3scnc3c2)CCC1=C)Oc1cc(C)nc(C)c1. The summed E-state index contributed by atoms with van der Waals surface area (Å²) >= 11 is 1.69. The Morgan fingerprint density at radius 1 is 1.16 bits per heavy atom. The van der Waals surface area contributed by atoms with Crippen molar-refractivity contribution in [2.45, 2.75) is 39.7 Å². The van der Waals surface area contributed by atoms with Crippen molar-refractivity contribution in [2.24, 2.45) is 0 Å². The smallest absolute Gasteiger partial charge is 0.131 e. The maximum absolute atomic E-state index is 5.97.